The van der Waals surface area contributed by atoms with Gasteiger partial charge in [-0.05, 0) is 12.5 Å². The molecule has 22 heavy (non-hydrogen) atoms. The number of rotatable bonds is 5. The van der Waals surface area contributed by atoms with Crippen LogP contribution in [0.25, 0.3) is 11.1 Å². The molecule has 1 atom stereocenters. The molecular formula is C13H16N4O5. The number of oxazole rings is 1. The van der Waals surface area contributed by atoms with Crippen molar-refractivity contribution in [2.45, 2.75) is 12.5 Å². The van der Waals surface area contributed by atoms with E-state index in [9.17, 15) is 15.2 Å². The lowest BCUT2D eigenvalue weighted by Gasteiger charge is -2.17. The molecule has 3 rings (SSSR count). The first-order valence-electron chi connectivity index (χ1n) is 6.95. The molecule has 1 aliphatic rings. The molecule has 1 aromatic carbocycles. The standard InChI is InChI=1S/C13H16N4O5/c18-4-2-14-13-15-9-5-10(16-3-1-8(19)7-16)11(17(20)21)6-12(9)22-13/h5-6,8,18-19H,1-4,7H2,(H,14,15). The lowest BCUT2D eigenvalue weighted by atomic mass is 10.2. The van der Waals surface area contributed by atoms with E-state index in [0.29, 0.717) is 36.3 Å². The first-order chi connectivity index (χ1) is 10.6. The van der Waals surface area contributed by atoms with Crippen LogP contribution in [0.4, 0.5) is 17.4 Å². The molecule has 1 unspecified atom stereocenters. The molecule has 0 amide bonds. The number of fused-ring (bicyclic) bond motifs is 1. The topological polar surface area (TPSA) is 125 Å². The number of aliphatic hydroxyl groups is 2. The van der Waals surface area contributed by atoms with Crippen molar-refractivity contribution >= 4 is 28.5 Å². The van der Waals surface area contributed by atoms with E-state index in [4.69, 9.17) is 9.52 Å². The fourth-order valence-corrected chi connectivity index (χ4v) is 2.55. The van der Waals surface area contributed by atoms with Crippen molar-refractivity contribution in [1.29, 1.82) is 0 Å². The normalized spacial score (nSPS) is 18.1. The van der Waals surface area contributed by atoms with Gasteiger partial charge in [0.15, 0.2) is 5.58 Å². The first kappa shape index (κ1) is 14.5. The monoisotopic (exact) mass is 308 g/mol. The van der Waals surface area contributed by atoms with Gasteiger partial charge in [0.1, 0.15) is 11.2 Å². The van der Waals surface area contributed by atoms with Gasteiger partial charge in [-0.25, -0.2) is 0 Å². The molecule has 2 heterocycles. The van der Waals surface area contributed by atoms with E-state index in [1.54, 1.807) is 11.0 Å². The lowest BCUT2D eigenvalue weighted by Crippen LogP contribution is -2.22. The first-order valence-corrected chi connectivity index (χ1v) is 6.95. The molecule has 118 valence electrons. The SMILES string of the molecule is O=[N+]([O-])c1cc2oc(NCCO)nc2cc1N1CCC(O)C1. The second kappa shape index (κ2) is 5.78. The van der Waals surface area contributed by atoms with Gasteiger partial charge in [0.2, 0.25) is 0 Å². The zero-order valence-corrected chi connectivity index (χ0v) is 11.7. The third-order valence-corrected chi connectivity index (χ3v) is 3.57. The van der Waals surface area contributed by atoms with Gasteiger partial charge in [-0.2, -0.15) is 4.98 Å². The predicted octanol–water partition coefficient (Wildman–Crippen LogP) is 0.711. The summed E-state index contributed by atoms with van der Waals surface area (Å²) < 4.78 is 5.39. The molecule has 0 saturated carbocycles. The van der Waals surface area contributed by atoms with E-state index in [1.165, 1.54) is 6.07 Å². The average Bonchev–Trinajstić information content (AvgIpc) is 3.08. The molecule has 1 saturated heterocycles. The van der Waals surface area contributed by atoms with E-state index in [0.717, 1.165) is 0 Å². The van der Waals surface area contributed by atoms with Crippen LogP contribution in [0.5, 0.6) is 0 Å². The summed E-state index contributed by atoms with van der Waals surface area (Å²) in [6.07, 6.45) is 0.103. The molecule has 3 N–H and O–H groups in total. The quantitative estimate of drug-likeness (QED) is 0.545. The van der Waals surface area contributed by atoms with Crippen molar-refractivity contribution in [3.63, 3.8) is 0 Å². The summed E-state index contributed by atoms with van der Waals surface area (Å²) >= 11 is 0. The number of β-amino-alcohol motifs (C(OH)–C–C–N with tert-alkyl or cyclic N) is 1. The van der Waals surface area contributed by atoms with Crippen molar-refractivity contribution < 1.29 is 19.6 Å². The largest absolute Gasteiger partial charge is 0.423 e. The Morgan fingerprint density at radius 3 is 3.00 bits per heavy atom. The molecule has 0 aliphatic carbocycles. The summed E-state index contributed by atoms with van der Waals surface area (Å²) in [5.41, 5.74) is 1.14. The lowest BCUT2D eigenvalue weighted by molar-refractivity contribution is -0.384. The van der Waals surface area contributed by atoms with Crippen LogP contribution in [0.1, 0.15) is 6.42 Å². The fourth-order valence-electron chi connectivity index (χ4n) is 2.55. The summed E-state index contributed by atoms with van der Waals surface area (Å²) in [7, 11) is 0. The van der Waals surface area contributed by atoms with E-state index in [1.807, 2.05) is 0 Å². The van der Waals surface area contributed by atoms with Crippen molar-refractivity contribution in [2.75, 3.05) is 36.5 Å². The fraction of sp³-hybridized carbons (Fsp3) is 0.462. The smallest absolute Gasteiger partial charge is 0.296 e. The predicted molar refractivity (Wildman–Crippen MR) is 79.1 cm³/mol. The highest BCUT2D eigenvalue weighted by Crippen LogP contribution is 2.35. The van der Waals surface area contributed by atoms with Crippen LogP contribution in [-0.2, 0) is 0 Å². The molecule has 0 radical (unpaired) electrons. The number of hydrogen-bond donors (Lipinski definition) is 3. The Kier molecular flexibility index (Phi) is 3.82. The second-order valence-corrected chi connectivity index (χ2v) is 5.12. The summed E-state index contributed by atoms with van der Waals surface area (Å²) in [5.74, 6) is 0. The number of nitrogens with one attached hydrogen (secondary N) is 1. The third kappa shape index (κ3) is 2.68. The number of nitro benzene ring substituents is 1. The van der Waals surface area contributed by atoms with Gasteiger partial charge >= 0.3 is 0 Å². The number of aliphatic hydroxyl groups excluding tert-OH is 2. The Hall–Kier alpha value is -2.39. The highest BCUT2D eigenvalue weighted by molar-refractivity contribution is 5.85. The minimum Gasteiger partial charge on any atom is -0.423 e. The van der Waals surface area contributed by atoms with Crippen LogP contribution in [0.15, 0.2) is 16.5 Å². The van der Waals surface area contributed by atoms with Crippen LogP contribution in [-0.4, -0.2) is 52.5 Å². The highest BCUT2D eigenvalue weighted by Gasteiger charge is 2.28. The van der Waals surface area contributed by atoms with Gasteiger partial charge in [-0.15, -0.1) is 0 Å². The molecule has 1 aromatic heterocycles. The number of nitrogens with zero attached hydrogens (tertiary/aromatic N) is 3. The van der Waals surface area contributed by atoms with Gasteiger partial charge in [0.25, 0.3) is 11.7 Å². The Labute approximate surface area is 125 Å². The molecule has 9 nitrogen and oxygen atoms in total. The Morgan fingerprint density at radius 1 is 1.55 bits per heavy atom. The average molecular weight is 308 g/mol. The molecule has 1 fully saturated rings. The number of aromatic nitrogens is 1. The van der Waals surface area contributed by atoms with E-state index in [2.05, 4.69) is 10.3 Å². The number of nitro groups is 1. The van der Waals surface area contributed by atoms with E-state index < -0.39 is 11.0 Å². The van der Waals surface area contributed by atoms with Crippen molar-refractivity contribution in [3.05, 3.63) is 22.2 Å². The molecule has 0 bridgehead atoms. The number of anilines is 2. The minimum atomic E-state index is -0.477. The summed E-state index contributed by atoms with van der Waals surface area (Å²) in [6.45, 7) is 1.12. The Bertz CT molecular complexity index is 701. The maximum atomic E-state index is 11.3. The Morgan fingerprint density at radius 2 is 2.36 bits per heavy atom. The molecule has 0 spiro atoms. The molecule has 2 aromatic rings. The second-order valence-electron chi connectivity index (χ2n) is 5.12. The van der Waals surface area contributed by atoms with Gasteiger partial charge in [0.05, 0.1) is 23.7 Å². The van der Waals surface area contributed by atoms with Crippen molar-refractivity contribution in [2.24, 2.45) is 0 Å². The van der Waals surface area contributed by atoms with E-state index >= 15 is 0 Å². The zero-order chi connectivity index (χ0) is 15.7. The van der Waals surface area contributed by atoms with Crippen LogP contribution >= 0.6 is 0 Å². The van der Waals surface area contributed by atoms with Gasteiger partial charge in [0, 0.05) is 19.6 Å². The molecular weight excluding hydrogens is 292 g/mol. The Balaban J connectivity index is 2.01. The van der Waals surface area contributed by atoms with Crippen molar-refractivity contribution in [1.82, 2.24) is 4.98 Å². The third-order valence-electron chi connectivity index (χ3n) is 3.57. The maximum Gasteiger partial charge on any atom is 0.296 e. The van der Waals surface area contributed by atoms with Crippen LogP contribution < -0.4 is 10.2 Å². The van der Waals surface area contributed by atoms with Crippen LogP contribution in [0, 0.1) is 10.1 Å². The molecule has 9 heteroatoms. The summed E-state index contributed by atoms with van der Waals surface area (Å²) in [5, 5.41) is 32.5. The number of benzene rings is 1. The van der Waals surface area contributed by atoms with Gasteiger partial charge in [-0.3, -0.25) is 10.1 Å². The van der Waals surface area contributed by atoms with E-state index in [-0.39, 0.29) is 24.9 Å². The van der Waals surface area contributed by atoms with Crippen molar-refractivity contribution in [3.8, 4) is 0 Å². The van der Waals surface area contributed by atoms with Crippen LogP contribution in [0.2, 0.25) is 0 Å². The summed E-state index contributed by atoms with van der Waals surface area (Å²) in [6, 6.07) is 3.14. The number of hydrogen-bond acceptors (Lipinski definition) is 8. The minimum absolute atomic E-state index is 0.0736. The summed E-state index contributed by atoms with van der Waals surface area (Å²) in [4.78, 5) is 16.8. The van der Waals surface area contributed by atoms with Gasteiger partial charge < -0.3 is 24.8 Å². The van der Waals surface area contributed by atoms with Gasteiger partial charge in [-0.1, -0.05) is 0 Å². The molecule has 1 aliphatic heterocycles. The zero-order valence-electron chi connectivity index (χ0n) is 11.7. The highest BCUT2D eigenvalue weighted by atomic mass is 16.6. The maximum absolute atomic E-state index is 11.3. The van der Waals surface area contributed by atoms with Crippen LogP contribution in [0.3, 0.4) is 0 Å².